The maximum Gasteiger partial charge on any atom is 0.277 e. The molecule has 3 aromatic carbocycles. The summed E-state index contributed by atoms with van der Waals surface area (Å²) in [6.45, 7) is 4.22. The molecular weight excluding hydrogens is 398 g/mol. The summed E-state index contributed by atoms with van der Waals surface area (Å²) < 4.78 is 11.3. The first-order valence-corrected chi connectivity index (χ1v) is 10.5. The molecular formula is C23H21N3O3S. The number of anilines is 1. The molecule has 0 unspecified atom stereocenters. The summed E-state index contributed by atoms with van der Waals surface area (Å²) >= 11 is 1.19. The summed E-state index contributed by atoms with van der Waals surface area (Å²) in [4.78, 5) is 12.3. The summed E-state index contributed by atoms with van der Waals surface area (Å²) in [5.74, 6) is 1.19. The summed E-state index contributed by atoms with van der Waals surface area (Å²) in [7, 11) is 0. The van der Waals surface area contributed by atoms with Crippen molar-refractivity contribution in [2.45, 2.75) is 25.7 Å². The van der Waals surface area contributed by atoms with E-state index >= 15 is 0 Å². The number of ether oxygens (including phenoxy) is 1. The standard InChI is InChI=1S/C23H21N3O3S/c1-15-6-5-9-20(16(15)2)28-13-22-25-26-23(29-22)30-14-21(27)24-19-11-10-17-7-3-4-8-18(17)12-19/h3-12H,13-14H2,1-2H3,(H,24,27). The number of nitrogens with one attached hydrogen (secondary N) is 1. The fourth-order valence-corrected chi connectivity index (χ4v) is 3.55. The van der Waals surface area contributed by atoms with Crippen molar-refractivity contribution < 1.29 is 13.9 Å². The average molecular weight is 420 g/mol. The Kier molecular flexibility index (Phi) is 5.99. The van der Waals surface area contributed by atoms with E-state index in [0.717, 1.165) is 33.3 Å². The molecule has 0 saturated heterocycles. The molecule has 0 bridgehead atoms. The van der Waals surface area contributed by atoms with Gasteiger partial charge in [0.1, 0.15) is 5.75 Å². The van der Waals surface area contributed by atoms with Crippen LogP contribution in [0.4, 0.5) is 5.69 Å². The summed E-state index contributed by atoms with van der Waals surface area (Å²) in [6, 6.07) is 19.7. The first-order valence-electron chi connectivity index (χ1n) is 9.51. The molecule has 1 aromatic heterocycles. The Hall–Kier alpha value is -3.32. The van der Waals surface area contributed by atoms with Crippen LogP contribution in [0.25, 0.3) is 10.8 Å². The minimum Gasteiger partial charge on any atom is -0.484 e. The molecule has 30 heavy (non-hydrogen) atoms. The highest BCUT2D eigenvalue weighted by Crippen LogP contribution is 2.23. The molecule has 152 valence electrons. The minimum atomic E-state index is -0.137. The van der Waals surface area contributed by atoms with Crippen molar-refractivity contribution in [3.05, 3.63) is 77.7 Å². The van der Waals surface area contributed by atoms with E-state index in [-0.39, 0.29) is 18.3 Å². The third-order valence-electron chi connectivity index (χ3n) is 4.71. The molecule has 0 saturated carbocycles. The van der Waals surface area contributed by atoms with Crippen LogP contribution >= 0.6 is 11.8 Å². The van der Waals surface area contributed by atoms with E-state index in [1.54, 1.807) is 0 Å². The Balaban J connectivity index is 1.29. The van der Waals surface area contributed by atoms with Gasteiger partial charge in [0, 0.05) is 5.69 Å². The SMILES string of the molecule is Cc1cccc(OCc2nnc(SCC(=O)Nc3ccc4ccccc4c3)o2)c1C. The Labute approximate surface area is 178 Å². The number of aryl methyl sites for hydroxylation is 1. The molecule has 0 aliphatic heterocycles. The van der Waals surface area contributed by atoms with Crippen LogP contribution < -0.4 is 10.1 Å². The van der Waals surface area contributed by atoms with Crippen LogP contribution in [0.3, 0.4) is 0 Å². The molecule has 0 radical (unpaired) electrons. The van der Waals surface area contributed by atoms with Crippen molar-refractivity contribution in [2.75, 3.05) is 11.1 Å². The predicted molar refractivity (Wildman–Crippen MR) is 118 cm³/mol. The van der Waals surface area contributed by atoms with E-state index in [9.17, 15) is 4.79 Å². The number of rotatable bonds is 7. The van der Waals surface area contributed by atoms with Gasteiger partial charge in [-0.05, 0) is 53.9 Å². The molecule has 1 heterocycles. The van der Waals surface area contributed by atoms with Gasteiger partial charge in [-0.3, -0.25) is 4.79 Å². The third-order valence-corrected chi connectivity index (χ3v) is 5.53. The molecule has 1 amide bonds. The van der Waals surface area contributed by atoms with Crippen molar-refractivity contribution in [3.8, 4) is 5.75 Å². The maximum atomic E-state index is 12.3. The lowest BCUT2D eigenvalue weighted by Gasteiger charge is -2.08. The number of thioether (sulfide) groups is 1. The number of benzene rings is 3. The van der Waals surface area contributed by atoms with Gasteiger partial charge in [-0.25, -0.2) is 0 Å². The second-order valence-electron chi connectivity index (χ2n) is 6.85. The van der Waals surface area contributed by atoms with E-state index < -0.39 is 0 Å². The maximum absolute atomic E-state index is 12.3. The molecule has 7 heteroatoms. The van der Waals surface area contributed by atoms with Crippen LogP contribution in [-0.2, 0) is 11.4 Å². The monoisotopic (exact) mass is 419 g/mol. The van der Waals surface area contributed by atoms with E-state index in [2.05, 4.69) is 15.5 Å². The number of nitrogens with zero attached hydrogens (tertiary/aromatic N) is 2. The fourth-order valence-electron chi connectivity index (χ4n) is 2.97. The largest absolute Gasteiger partial charge is 0.484 e. The Morgan fingerprint density at radius 1 is 1.03 bits per heavy atom. The first kappa shape index (κ1) is 20.0. The third kappa shape index (κ3) is 4.80. The van der Waals surface area contributed by atoms with Gasteiger partial charge in [-0.1, -0.05) is 54.2 Å². The van der Waals surface area contributed by atoms with Gasteiger partial charge >= 0.3 is 0 Å². The number of aromatic nitrogens is 2. The van der Waals surface area contributed by atoms with Crippen molar-refractivity contribution in [1.29, 1.82) is 0 Å². The number of hydrogen-bond donors (Lipinski definition) is 1. The zero-order chi connectivity index (χ0) is 20.9. The van der Waals surface area contributed by atoms with Gasteiger partial charge in [0.05, 0.1) is 5.75 Å². The normalized spacial score (nSPS) is 10.9. The van der Waals surface area contributed by atoms with Gasteiger partial charge in [-0.2, -0.15) is 0 Å². The lowest BCUT2D eigenvalue weighted by atomic mass is 10.1. The Morgan fingerprint density at radius 2 is 1.87 bits per heavy atom. The summed E-state index contributed by atoms with van der Waals surface area (Å²) in [5.41, 5.74) is 3.00. The van der Waals surface area contributed by atoms with Gasteiger partial charge in [0.2, 0.25) is 5.91 Å². The molecule has 6 nitrogen and oxygen atoms in total. The molecule has 0 fully saturated rings. The Bertz CT molecular complexity index is 1190. The van der Waals surface area contributed by atoms with Crippen LogP contribution in [0, 0.1) is 13.8 Å². The summed E-state index contributed by atoms with van der Waals surface area (Å²) in [6.07, 6.45) is 0. The van der Waals surface area contributed by atoms with Crippen LogP contribution in [0.15, 0.2) is 70.3 Å². The number of carbonyl (C=O) groups is 1. The number of fused-ring (bicyclic) bond motifs is 1. The molecule has 4 aromatic rings. The van der Waals surface area contributed by atoms with Crippen LogP contribution in [0.2, 0.25) is 0 Å². The molecule has 0 aliphatic rings. The van der Waals surface area contributed by atoms with Crippen LogP contribution in [0.5, 0.6) is 5.75 Å². The zero-order valence-electron chi connectivity index (χ0n) is 16.7. The molecule has 0 spiro atoms. The topological polar surface area (TPSA) is 77.2 Å². The van der Waals surface area contributed by atoms with Crippen molar-refractivity contribution in [3.63, 3.8) is 0 Å². The highest BCUT2D eigenvalue weighted by molar-refractivity contribution is 7.99. The lowest BCUT2D eigenvalue weighted by molar-refractivity contribution is -0.113. The van der Waals surface area contributed by atoms with Crippen molar-refractivity contribution in [2.24, 2.45) is 0 Å². The lowest BCUT2D eigenvalue weighted by Crippen LogP contribution is -2.13. The van der Waals surface area contributed by atoms with E-state index in [0.29, 0.717) is 11.1 Å². The molecule has 0 aliphatic carbocycles. The smallest absolute Gasteiger partial charge is 0.277 e. The minimum absolute atomic E-state index is 0.137. The van der Waals surface area contributed by atoms with Gasteiger partial charge < -0.3 is 14.5 Å². The zero-order valence-corrected chi connectivity index (χ0v) is 17.5. The van der Waals surface area contributed by atoms with Gasteiger partial charge in [0.25, 0.3) is 11.1 Å². The molecule has 0 atom stereocenters. The van der Waals surface area contributed by atoms with E-state index in [1.807, 2.05) is 74.5 Å². The van der Waals surface area contributed by atoms with Gasteiger partial charge in [0.15, 0.2) is 6.61 Å². The second kappa shape index (κ2) is 9.00. The fraction of sp³-hybridized carbons (Fsp3) is 0.174. The number of amides is 1. The van der Waals surface area contributed by atoms with Crippen LogP contribution in [0.1, 0.15) is 17.0 Å². The van der Waals surface area contributed by atoms with Gasteiger partial charge in [-0.15, -0.1) is 10.2 Å². The molecule has 1 N–H and O–H groups in total. The number of hydrogen-bond acceptors (Lipinski definition) is 6. The van der Waals surface area contributed by atoms with Crippen molar-refractivity contribution in [1.82, 2.24) is 10.2 Å². The quantitative estimate of drug-likeness (QED) is 0.418. The average Bonchev–Trinajstić information content (AvgIpc) is 3.21. The second-order valence-corrected chi connectivity index (χ2v) is 7.77. The summed E-state index contributed by atoms with van der Waals surface area (Å²) in [5, 5.41) is 13.4. The van der Waals surface area contributed by atoms with Crippen molar-refractivity contribution >= 4 is 34.1 Å². The predicted octanol–water partition coefficient (Wildman–Crippen LogP) is 5.15. The Morgan fingerprint density at radius 3 is 2.73 bits per heavy atom. The first-order chi connectivity index (χ1) is 14.6. The van der Waals surface area contributed by atoms with E-state index in [1.165, 1.54) is 11.8 Å². The number of carbonyl (C=O) groups excluding carboxylic acids is 1. The van der Waals surface area contributed by atoms with Crippen LogP contribution in [-0.4, -0.2) is 21.9 Å². The van der Waals surface area contributed by atoms with E-state index in [4.69, 9.17) is 9.15 Å². The molecule has 4 rings (SSSR count). The highest BCUT2D eigenvalue weighted by Gasteiger charge is 2.11. The highest BCUT2D eigenvalue weighted by atomic mass is 32.2.